The zero-order valence-corrected chi connectivity index (χ0v) is 45.6. The van der Waals surface area contributed by atoms with Gasteiger partial charge in [0.1, 0.15) is 6.61 Å². The Labute approximate surface area is 424 Å². The van der Waals surface area contributed by atoms with Crippen molar-refractivity contribution >= 4 is 11.9 Å². The van der Waals surface area contributed by atoms with E-state index in [2.05, 4.69) is 81.5 Å². The second kappa shape index (κ2) is 58.9. The first-order chi connectivity index (χ1) is 33.6. The van der Waals surface area contributed by atoms with Gasteiger partial charge in [0, 0.05) is 19.4 Å². The number of allylic oxidation sites excluding steroid dienone is 10. The molecule has 0 fully saturated rings. The number of unbranched alkanes of at least 4 members (excludes halogenated alkanes) is 34. The van der Waals surface area contributed by atoms with Gasteiger partial charge in [-0.25, -0.2) is 0 Å². The minimum atomic E-state index is -0.545. The molecular weight excluding hydrogens is 837 g/mol. The molecule has 5 heteroatoms. The van der Waals surface area contributed by atoms with Crippen LogP contribution in [-0.2, 0) is 23.8 Å². The second-order valence-electron chi connectivity index (χ2n) is 19.9. The molecule has 0 saturated heterocycles. The molecule has 0 aliphatic rings. The Balaban J connectivity index is 4.28. The van der Waals surface area contributed by atoms with Crippen molar-refractivity contribution in [2.45, 2.75) is 309 Å². The first-order valence-electron chi connectivity index (χ1n) is 29.8. The van der Waals surface area contributed by atoms with Crippen LogP contribution in [0, 0.1) is 0 Å². The van der Waals surface area contributed by atoms with Gasteiger partial charge in [0.15, 0.2) is 6.10 Å². The lowest BCUT2D eigenvalue weighted by Gasteiger charge is -2.18. The maximum Gasteiger partial charge on any atom is 0.306 e. The zero-order valence-electron chi connectivity index (χ0n) is 45.6. The van der Waals surface area contributed by atoms with E-state index in [0.717, 1.165) is 77.0 Å². The molecule has 0 aliphatic carbocycles. The Bertz CT molecular complexity index is 1170. The Hall–Kier alpha value is -2.40. The molecule has 0 aromatic rings. The Kier molecular flexibility index (Phi) is 56.8. The predicted octanol–water partition coefficient (Wildman–Crippen LogP) is 20.5. The van der Waals surface area contributed by atoms with Crippen LogP contribution in [0.3, 0.4) is 0 Å². The molecule has 5 nitrogen and oxygen atoms in total. The van der Waals surface area contributed by atoms with Crippen LogP contribution < -0.4 is 0 Å². The highest BCUT2D eigenvalue weighted by atomic mass is 16.6. The molecule has 0 N–H and O–H groups in total. The molecule has 0 spiro atoms. The fraction of sp³-hybridized carbons (Fsp3) is 0.810. The van der Waals surface area contributed by atoms with Gasteiger partial charge < -0.3 is 14.2 Å². The summed E-state index contributed by atoms with van der Waals surface area (Å²) in [5.41, 5.74) is 0. The normalized spacial score (nSPS) is 12.6. The molecule has 0 heterocycles. The van der Waals surface area contributed by atoms with Crippen molar-refractivity contribution < 1.29 is 23.8 Å². The predicted molar refractivity (Wildman–Crippen MR) is 298 cm³/mol. The minimum Gasteiger partial charge on any atom is -0.462 e. The molecule has 0 saturated carbocycles. The van der Waals surface area contributed by atoms with Gasteiger partial charge in [0.2, 0.25) is 0 Å². The largest absolute Gasteiger partial charge is 0.462 e. The molecule has 0 radical (unpaired) electrons. The molecule has 0 aromatic heterocycles. The SMILES string of the molecule is CC/C=C\C/C=C\C/C=C\CCCCCCCCCC(=O)OCC(COCCCCCCCCCC/C=C\CCCCCCCC)OC(=O)CCCCCCCCC/C=C\CCCCCCCC. The maximum atomic E-state index is 12.9. The summed E-state index contributed by atoms with van der Waals surface area (Å²) in [5.74, 6) is -0.403. The molecule has 68 heavy (non-hydrogen) atoms. The highest BCUT2D eigenvalue weighted by Gasteiger charge is 2.17. The van der Waals surface area contributed by atoms with Crippen LogP contribution in [0.1, 0.15) is 303 Å². The van der Waals surface area contributed by atoms with Crippen molar-refractivity contribution in [3.8, 4) is 0 Å². The summed E-state index contributed by atoms with van der Waals surface area (Å²) in [6.07, 6.45) is 75.3. The average molecular weight is 952 g/mol. The topological polar surface area (TPSA) is 61.8 Å². The smallest absolute Gasteiger partial charge is 0.306 e. The van der Waals surface area contributed by atoms with E-state index in [-0.39, 0.29) is 25.2 Å². The average Bonchev–Trinajstić information content (AvgIpc) is 3.34. The van der Waals surface area contributed by atoms with Crippen LogP contribution in [0.15, 0.2) is 60.8 Å². The molecule has 0 aliphatic heterocycles. The van der Waals surface area contributed by atoms with Crippen molar-refractivity contribution in [3.05, 3.63) is 60.8 Å². The highest BCUT2D eigenvalue weighted by molar-refractivity contribution is 5.70. The summed E-state index contributed by atoms with van der Waals surface area (Å²) >= 11 is 0. The monoisotopic (exact) mass is 951 g/mol. The van der Waals surface area contributed by atoms with Crippen LogP contribution in [0.5, 0.6) is 0 Å². The molecule has 1 atom stereocenters. The van der Waals surface area contributed by atoms with Crippen LogP contribution in [0.2, 0.25) is 0 Å². The third-order valence-corrected chi connectivity index (χ3v) is 13.0. The summed E-state index contributed by atoms with van der Waals surface area (Å²) in [6, 6.07) is 0. The number of hydrogen-bond donors (Lipinski definition) is 0. The van der Waals surface area contributed by atoms with Crippen LogP contribution in [0.25, 0.3) is 0 Å². The number of ether oxygens (including phenoxy) is 3. The van der Waals surface area contributed by atoms with E-state index in [4.69, 9.17) is 14.2 Å². The quantitative estimate of drug-likeness (QED) is 0.0345. The van der Waals surface area contributed by atoms with E-state index < -0.39 is 6.10 Å². The van der Waals surface area contributed by atoms with E-state index >= 15 is 0 Å². The van der Waals surface area contributed by atoms with Crippen molar-refractivity contribution in [1.82, 2.24) is 0 Å². The van der Waals surface area contributed by atoms with Crippen LogP contribution >= 0.6 is 0 Å². The van der Waals surface area contributed by atoms with Crippen molar-refractivity contribution in [2.24, 2.45) is 0 Å². The molecule has 0 amide bonds. The minimum absolute atomic E-state index is 0.0781. The third kappa shape index (κ3) is 56.2. The number of esters is 2. The summed E-state index contributed by atoms with van der Waals surface area (Å²) in [6.45, 7) is 7.73. The lowest BCUT2D eigenvalue weighted by molar-refractivity contribution is -0.163. The number of hydrogen-bond acceptors (Lipinski definition) is 5. The van der Waals surface area contributed by atoms with Crippen LogP contribution in [-0.4, -0.2) is 37.9 Å². The number of rotatable bonds is 55. The van der Waals surface area contributed by atoms with Crippen molar-refractivity contribution in [3.63, 3.8) is 0 Å². The zero-order chi connectivity index (χ0) is 49.2. The van der Waals surface area contributed by atoms with E-state index in [1.54, 1.807) is 0 Å². The fourth-order valence-corrected chi connectivity index (χ4v) is 8.57. The van der Waals surface area contributed by atoms with Gasteiger partial charge in [-0.2, -0.15) is 0 Å². The first kappa shape index (κ1) is 65.6. The fourth-order valence-electron chi connectivity index (χ4n) is 8.57. The van der Waals surface area contributed by atoms with E-state index in [0.29, 0.717) is 19.4 Å². The molecule has 0 bridgehead atoms. The Morgan fingerprint density at radius 2 is 0.662 bits per heavy atom. The molecular formula is C63H114O5. The van der Waals surface area contributed by atoms with Gasteiger partial charge in [-0.05, 0) is 103 Å². The Morgan fingerprint density at radius 3 is 1.07 bits per heavy atom. The second-order valence-corrected chi connectivity index (χ2v) is 19.9. The van der Waals surface area contributed by atoms with Gasteiger partial charge in [-0.3, -0.25) is 9.59 Å². The van der Waals surface area contributed by atoms with Gasteiger partial charge in [0.05, 0.1) is 6.61 Å². The third-order valence-electron chi connectivity index (χ3n) is 13.0. The van der Waals surface area contributed by atoms with E-state index in [1.807, 2.05) is 0 Å². The maximum absolute atomic E-state index is 12.9. The molecule has 396 valence electrons. The van der Waals surface area contributed by atoms with E-state index in [9.17, 15) is 9.59 Å². The summed E-state index contributed by atoms with van der Waals surface area (Å²) in [4.78, 5) is 25.6. The Morgan fingerprint density at radius 1 is 0.338 bits per heavy atom. The summed E-state index contributed by atoms with van der Waals surface area (Å²) in [5, 5.41) is 0. The van der Waals surface area contributed by atoms with E-state index in [1.165, 1.54) is 193 Å². The molecule has 1 unspecified atom stereocenters. The summed E-state index contributed by atoms with van der Waals surface area (Å²) in [7, 11) is 0. The number of carbonyl (C=O) groups excluding carboxylic acids is 2. The van der Waals surface area contributed by atoms with Gasteiger partial charge in [-0.1, -0.05) is 248 Å². The summed E-state index contributed by atoms with van der Waals surface area (Å²) < 4.78 is 17.5. The number of carbonyl (C=O) groups is 2. The van der Waals surface area contributed by atoms with Crippen LogP contribution in [0.4, 0.5) is 0 Å². The molecule has 0 rings (SSSR count). The lowest BCUT2D eigenvalue weighted by atomic mass is 10.1. The van der Waals surface area contributed by atoms with Gasteiger partial charge in [0.25, 0.3) is 0 Å². The standard InChI is InChI=1S/C63H114O5/c1-4-7-10-13-16-19-22-25-28-31-34-37-40-43-46-49-52-55-58-66-59-61(68-63(65)57-54-51-48-45-42-39-36-33-30-27-24-21-18-15-12-9-6-3)60-67-62(64)56-53-50-47-44-41-38-35-32-29-26-23-20-17-14-11-8-5-2/h8,11,17,20,25-30,61H,4-7,9-10,12-16,18-19,21-24,31-60H2,1-3H3/b11-8-,20-17-,28-25-,29-26-,30-27-. The van der Waals surface area contributed by atoms with Crippen molar-refractivity contribution in [2.75, 3.05) is 19.8 Å². The van der Waals surface area contributed by atoms with Crippen molar-refractivity contribution in [1.29, 1.82) is 0 Å². The van der Waals surface area contributed by atoms with Gasteiger partial charge >= 0.3 is 11.9 Å². The molecule has 0 aromatic carbocycles. The first-order valence-corrected chi connectivity index (χ1v) is 29.8. The lowest BCUT2D eigenvalue weighted by Crippen LogP contribution is -2.30. The highest BCUT2D eigenvalue weighted by Crippen LogP contribution is 2.15. The van der Waals surface area contributed by atoms with Gasteiger partial charge in [-0.15, -0.1) is 0 Å².